The number of amides is 1. The van der Waals surface area contributed by atoms with Crippen LogP contribution < -0.4 is 10.1 Å². The van der Waals surface area contributed by atoms with Crippen LogP contribution in [0.5, 0.6) is 5.75 Å². The number of rotatable bonds is 5. The molecule has 0 aliphatic rings. The van der Waals surface area contributed by atoms with E-state index < -0.39 is 23.8 Å². The summed E-state index contributed by atoms with van der Waals surface area (Å²) in [5.41, 5.74) is -0.779. The molecule has 1 aromatic carbocycles. The highest BCUT2D eigenvalue weighted by Crippen LogP contribution is 2.30. The Morgan fingerprint density at radius 2 is 1.95 bits per heavy atom. The molecule has 0 fully saturated rings. The van der Waals surface area contributed by atoms with Gasteiger partial charge in [-0.25, -0.2) is 0 Å². The van der Waals surface area contributed by atoms with E-state index in [0.29, 0.717) is 0 Å². The second-order valence-electron chi connectivity index (χ2n) is 3.96. The normalized spacial score (nSPS) is 12.9. The Kier molecular flexibility index (Phi) is 5.17. The maximum Gasteiger partial charge on any atom is 0.416 e. The summed E-state index contributed by atoms with van der Waals surface area (Å²) in [6.07, 6.45) is -5.07. The van der Waals surface area contributed by atoms with Gasteiger partial charge in [0.2, 0.25) is 0 Å². The first-order chi connectivity index (χ1) is 8.79. The zero-order valence-electron chi connectivity index (χ0n) is 10.2. The quantitative estimate of drug-likeness (QED) is 0.859. The van der Waals surface area contributed by atoms with Crippen LogP contribution in [0, 0.1) is 0 Å². The van der Waals surface area contributed by atoms with E-state index in [2.05, 4.69) is 5.32 Å². The smallest absolute Gasteiger partial charge is 0.416 e. The lowest BCUT2D eigenvalue weighted by Gasteiger charge is -2.10. The van der Waals surface area contributed by atoms with Gasteiger partial charge in [0.05, 0.1) is 11.7 Å². The summed E-state index contributed by atoms with van der Waals surface area (Å²) < 4.78 is 41.8. The topological polar surface area (TPSA) is 58.6 Å². The maximum atomic E-state index is 12.3. The number of hydrogen-bond donors (Lipinski definition) is 2. The number of carbonyl (C=O) groups excluding carboxylic acids is 1. The van der Waals surface area contributed by atoms with Gasteiger partial charge >= 0.3 is 6.18 Å². The average Bonchev–Trinajstić information content (AvgIpc) is 2.33. The average molecular weight is 277 g/mol. The molecule has 1 unspecified atom stereocenters. The first kappa shape index (κ1) is 15.3. The zero-order valence-corrected chi connectivity index (χ0v) is 10.2. The van der Waals surface area contributed by atoms with Crippen molar-refractivity contribution in [1.82, 2.24) is 5.32 Å². The van der Waals surface area contributed by atoms with Crippen LogP contribution in [0.3, 0.4) is 0 Å². The Morgan fingerprint density at radius 1 is 1.37 bits per heavy atom. The van der Waals surface area contributed by atoms with Crippen molar-refractivity contribution in [1.29, 1.82) is 0 Å². The van der Waals surface area contributed by atoms with Crippen molar-refractivity contribution in [2.75, 3.05) is 13.2 Å². The number of carbonyl (C=O) groups is 1. The molecule has 0 saturated heterocycles. The number of benzene rings is 1. The van der Waals surface area contributed by atoms with Gasteiger partial charge < -0.3 is 15.2 Å². The standard InChI is InChI=1S/C12H14F3NO3/c1-8(17)6-16-11(18)7-19-10-4-2-9(3-5-10)12(13,14)15/h2-5,8,17H,6-7H2,1H3,(H,16,18). The number of hydrogen-bond acceptors (Lipinski definition) is 3. The highest BCUT2D eigenvalue weighted by atomic mass is 19.4. The molecule has 19 heavy (non-hydrogen) atoms. The summed E-state index contributed by atoms with van der Waals surface area (Å²) in [4.78, 5) is 11.2. The molecule has 0 spiro atoms. The molecule has 1 atom stereocenters. The highest BCUT2D eigenvalue weighted by Gasteiger charge is 2.30. The molecule has 0 aromatic heterocycles. The van der Waals surface area contributed by atoms with Gasteiger partial charge in [-0.1, -0.05) is 0 Å². The van der Waals surface area contributed by atoms with E-state index in [4.69, 9.17) is 9.84 Å². The van der Waals surface area contributed by atoms with E-state index in [1.165, 1.54) is 6.92 Å². The molecule has 1 aromatic rings. The molecule has 0 saturated carbocycles. The van der Waals surface area contributed by atoms with E-state index in [1.54, 1.807) is 0 Å². The fourth-order valence-electron chi connectivity index (χ4n) is 1.20. The Balaban J connectivity index is 2.44. The summed E-state index contributed by atoms with van der Waals surface area (Å²) in [6, 6.07) is 4.04. The van der Waals surface area contributed by atoms with Crippen LogP contribution in [0.1, 0.15) is 12.5 Å². The minimum Gasteiger partial charge on any atom is -0.484 e. The van der Waals surface area contributed by atoms with Crippen LogP contribution in [0.2, 0.25) is 0 Å². The molecular weight excluding hydrogens is 263 g/mol. The lowest BCUT2D eigenvalue weighted by atomic mass is 10.2. The molecule has 0 heterocycles. The highest BCUT2D eigenvalue weighted by molar-refractivity contribution is 5.77. The summed E-state index contributed by atoms with van der Waals surface area (Å²) in [6.45, 7) is 1.28. The number of alkyl halides is 3. The molecule has 2 N–H and O–H groups in total. The van der Waals surface area contributed by atoms with Crippen molar-refractivity contribution in [3.8, 4) is 5.75 Å². The molecular formula is C12H14F3NO3. The van der Waals surface area contributed by atoms with Crippen molar-refractivity contribution < 1.29 is 27.8 Å². The molecule has 0 bridgehead atoms. The molecule has 4 nitrogen and oxygen atoms in total. The van der Waals surface area contributed by atoms with Gasteiger partial charge in [0.25, 0.3) is 5.91 Å². The van der Waals surface area contributed by atoms with E-state index in [9.17, 15) is 18.0 Å². The van der Waals surface area contributed by atoms with Crippen molar-refractivity contribution >= 4 is 5.91 Å². The molecule has 0 aliphatic heterocycles. The third kappa shape index (κ3) is 5.60. The van der Waals surface area contributed by atoms with Gasteiger partial charge in [0, 0.05) is 6.54 Å². The fraction of sp³-hybridized carbons (Fsp3) is 0.417. The number of ether oxygens (including phenoxy) is 1. The number of halogens is 3. The Morgan fingerprint density at radius 3 is 2.42 bits per heavy atom. The van der Waals surface area contributed by atoms with Crippen molar-refractivity contribution in [3.63, 3.8) is 0 Å². The Bertz CT molecular complexity index is 415. The summed E-state index contributed by atoms with van der Waals surface area (Å²) in [5, 5.41) is 11.3. The Hall–Kier alpha value is -1.76. The van der Waals surface area contributed by atoms with Gasteiger partial charge in [-0.05, 0) is 31.2 Å². The van der Waals surface area contributed by atoms with Gasteiger partial charge in [0.1, 0.15) is 5.75 Å². The summed E-state index contributed by atoms with van der Waals surface area (Å²) >= 11 is 0. The van der Waals surface area contributed by atoms with Crippen molar-refractivity contribution in [3.05, 3.63) is 29.8 Å². The minimum atomic E-state index is -4.40. The second kappa shape index (κ2) is 6.42. The summed E-state index contributed by atoms with van der Waals surface area (Å²) in [5.74, 6) is -0.291. The van der Waals surface area contributed by atoms with E-state index >= 15 is 0 Å². The predicted octanol–water partition coefficient (Wildman–Crippen LogP) is 1.58. The fourth-order valence-corrected chi connectivity index (χ4v) is 1.20. The Labute approximate surface area is 108 Å². The van der Waals surface area contributed by atoms with E-state index in [0.717, 1.165) is 24.3 Å². The summed E-state index contributed by atoms with van der Waals surface area (Å²) in [7, 11) is 0. The number of nitrogens with one attached hydrogen (secondary N) is 1. The van der Waals surface area contributed by atoms with Gasteiger partial charge in [-0.3, -0.25) is 4.79 Å². The van der Waals surface area contributed by atoms with Crippen LogP contribution in [0.15, 0.2) is 24.3 Å². The largest absolute Gasteiger partial charge is 0.484 e. The molecule has 1 amide bonds. The molecule has 1 rings (SSSR count). The molecule has 0 radical (unpaired) electrons. The first-order valence-electron chi connectivity index (χ1n) is 5.54. The monoisotopic (exact) mass is 277 g/mol. The lowest BCUT2D eigenvalue weighted by molar-refractivity contribution is -0.137. The first-order valence-corrected chi connectivity index (χ1v) is 5.54. The molecule has 0 aliphatic carbocycles. The van der Waals surface area contributed by atoms with E-state index in [-0.39, 0.29) is 18.9 Å². The predicted molar refractivity (Wildman–Crippen MR) is 61.6 cm³/mol. The number of aliphatic hydroxyl groups excluding tert-OH is 1. The van der Waals surface area contributed by atoms with Gasteiger partial charge in [-0.15, -0.1) is 0 Å². The van der Waals surface area contributed by atoms with Crippen molar-refractivity contribution in [2.45, 2.75) is 19.2 Å². The van der Waals surface area contributed by atoms with Crippen LogP contribution in [0.4, 0.5) is 13.2 Å². The maximum absolute atomic E-state index is 12.3. The van der Waals surface area contributed by atoms with Gasteiger partial charge in [-0.2, -0.15) is 13.2 Å². The van der Waals surface area contributed by atoms with Crippen LogP contribution in [-0.4, -0.2) is 30.3 Å². The van der Waals surface area contributed by atoms with Crippen LogP contribution in [-0.2, 0) is 11.0 Å². The molecule has 106 valence electrons. The molecule has 7 heteroatoms. The number of aliphatic hydroxyl groups is 1. The zero-order chi connectivity index (χ0) is 14.5. The SMILES string of the molecule is CC(O)CNC(=O)COc1ccc(C(F)(F)F)cc1. The lowest BCUT2D eigenvalue weighted by Crippen LogP contribution is -2.34. The van der Waals surface area contributed by atoms with E-state index in [1.807, 2.05) is 0 Å². The van der Waals surface area contributed by atoms with Crippen LogP contribution in [0.25, 0.3) is 0 Å². The second-order valence-corrected chi connectivity index (χ2v) is 3.96. The minimum absolute atomic E-state index is 0.0925. The third-order valence-electron chi connectivity index (χ3n) is 2.15. The van der Waals surface area contributed by atoms with Gasteiger partial charge in [0.15, 0.2) is 6.61 Å². The van der Waals surface area contributed by atoms with Crippen molar-refractivity contribution in [2.24, 2.45) is 0 Å². The van der Waals surface area contributed by atoms with Crippen LogP contribution >= 0.6 is 0 Å². The third-order valence-corrected chi connectivity index (χ3v) is 2.15.